The molecule has 1 aliphatic carbocycles. The first kappa shape index (κ1) is 13.7. The topological polar surface area (TPSA) is 32.3 Å². The van der Waals surface area contributed by atoms with Gasteiger partial charge in [0, 0.05) is 10.2 Å². The number of hydrogen-bond donors (Lipinski definition) is 2. The highest BCUT2D eigenvalue weighted by molar-refractivity contribution is 9.10. The summed E-state index contributed by atoms with van der Waals surface area (Å²) in [5.41, 5.74) is 4.50. The zero-order valence-electron chi connectivity index (χ0n) is 11.5. The average molecular weight is 332 g/mol. The monoisotopic (exact) mass is 331 g/mol. The van der Waals surface area contributed by atoms with E-state index in [1.165, 1.54) is 16.7 Å². The van der Waals surface area contributed by atoms with Crippen molar-refractivity contribution in [3.05, 3.63) is 63.6 Å². The van der Waals surface area contributed by atoms with Crippen molar-refractivity contribution in [2.75, 3.05) is 11.9 Å². The van der Waals surface area contributed by atoms with Gasteiger partial charge in [-0.25, -0.2) is 0 Å². The quantitative estimate of drug-likeness (QED) is 0.890. The van der Waals surface area contributed by atoms with Crippen molar-refractivity contribution in [3.8, 4) is 0 Å². The van der Waals surface area contributed by atoms with Crippen molar-refractivity contribution in [2.24, 2.45) is 0 Å². The first-order valence-electron chi connectivity index (χ1n) is 6.88. The molecule has 3 heteroatoms. The van der Waals surface area contributed by atoms with Crippen LogP contribution >= 0.6 is 15.9 Å². The molecule has 0 saturated heterocycles. The molecule has 0 aromatic heterocycles. The molecule has 1 aliphatic rings. The minimum absolute atomic E-state index is 0.111. The van der Waals surface area contributed by atoms with Crippen molar-refractivity contribution in [1.29, 1.82) is 0 Å². The van der Waals surface area contributed by atoms with Crippen LogP contribution in [-0.2, 0) is 12.0 Å². The summed E-state index contributed by atoms with van der Waals surface area (Å²) in [7, 11) is 0. The Labute approximate surface area is 128 Å². The lowest BCUT2D eigenvalue weighted by Gasteiger charge is -2.31. The molecular formula is C17H18BrNO. The fourth-order valence-corrected chi connectivity index (χ4v) is 3.24. The van der Waals surface area contributed by atoms with Gasteiger partial charge >= 0.3 is 0 Å². The number of aliphatic hydroxyl groups is 1. The Hall–Kier alpha value is -1.32. The van der Waals surface area contributed by atoms with E-state index in [9.17, 15) is 5.11 Å². The number of fused-ring (bicyclic) bond motifs is 1. The number of halogens is 1. The maximum absolute atomic E-state index is 10.00. The molecule has 1 unspecified atom stereocenters. The maximum atomic E-state index is 10.00. The van der Waals surface area contributed by atoms with Crippen LogP contribution in [0.1, 0.15) is 23.1 Å². The standard InChI is InChI=1S/C17H18BrNO/c1-12-2-3-13-8-9-17(11-20,16(13)10-12)19-15-6-4-14(18)5-7-15/h2-7,10,19-20H,8-9,11H2,1H3. The average Bonchev–Trinajstić information content (AvgIpc) is 2.80. The molecule has 0 aliphatic heterocycles. The molecule has 2 aromatic rings. The van der Waals surface area contributed by atoms with Gasteiger partial charge in [-0.2, -0.15) is 0 Å². The van der Waals surface area contributed by atoms with Gasteiger partial charge in [-0.15, -0.1) is 0 Å². The number of rotatable bonds is 3. The third kappa shape index (κ3) is 2.36. The highest BCUT2D eigenvalue weighted by Gasteiger charge is 2.38. The van der Waals surface area contributed by atoms with Crippen molar-refractivity contribution < 1.29 is 5.11 Å². The molecule has 2 aromatic carbocycles. The van der Waals surface area contributed by atoms with Gasteiger partial charge in [-0.3, -0.25) is 0 Å². The number of aryl methyl sites for hydroxylation is 2. The Morgan fingerprint density at radius 2 is 1.95 bits per heavy atom. The second-order valence-electron chi connectivity index (χ2n) is 5.53. The molecule has 104 valence electrons. The van der Waals surface area contributed by atoms with Crippen LogP contribution in [0.5, 0.6) is 0 Å². The van der Waals surface area contributed by atoms with Crippen LogP contribution < -0.4 is 5.32 Å². The summed E-state index contributed by atoms with van der Waals surface area (Å²) in [6, 6.07) is 14.6. The molecule has 1 atom stereocenters. The maximum Gasteiger partial charge on any atom is 0.0862 e. The van der Waals surface area contributed by atoms with Crippen LogP contribution in [-0.4, -0.2) is 11.7 Å². The van der Waals surface area contributed by atoms with Crippen LogP contribution in [0.15, 0.2) is 46.9 Å². The summed E-state index contributed by atoms with van der Waals surface area (Å²) in [6.45, 7) is 2.21. The lowest BCUT2D eigenvalue weighted by molar-refractivity contribution is 0.211. The minimum Gasteiger partial charge on any atom is -0.394 e. The largest absolute Gasteiger partial charge is 0.394 e. The second-order valence-corrected chi connectivity index (χ2v) is 6.45. The molecule has 0 heterocycles. The number of aliphatic hydroxyl groups excluding tert-OH is 1. The van der Waals surface area contributed by atoms with E-state index < -0.39 is 0 Å². The van der Waals surface area contributed by atoms with Crippen LogP contribution in [0, 0.1) is 6.92 Å². The first-order chi connectivity index (χ1) is 9.63. The van der Waals surface area contributed by atoms with Crippen LogP contribution in [0.25, 0.3) is 0 Å². The van der Waals surface area contributed by atoms with Crippen molar-refractivity contribution in [2.45, 2.75) is 25.3 Å². The summed E-state index contributed by atoms with van der Waals surface area (Å²) < 4.78 is 1.06. The van der Waals surface area contributed by atoms with Gasteiger partial charge in [0.05, 0.1) is 12.1 Å². The molecule has 2 N–H and O–H groups in total. The summed E-state index contributed by atoms with van der Waals surface area (Å²) in [4.78, 5) is 0. The van der Waals surface area contributed by atoms with Crippen molar-refractivity contribution in [1.82, 2.24) is 0 Å². The normalized spacial score (nSPS) is 20.8. The third-order valence-corrected chi connectivity index (χ3v) is 4.63. The van der Waals surface area contributed by atoms with Gasteiger partial charge < -0.3 is 10.4 Å². The SMILES string of the molecule is Cc1ccc2c(c1)C(CO)(Nc1ccc(Br)cc1)CC2. The van der Waals surface area contributed by atoms with E-state index in [-0.39, 0.29) is 12.1 Å². The van der Waals surface area contributed by atoms with E-state index in [0.717, 1.165) is 23.0 Å². The first-order valence-corrected chi connectivity index (χ1v) is 7.67. The zero-order chi connectivity index (χ0) is 14.2. The number of nitrogens with one attached hydrogen (secondary N) is 1. The fourth-order valence-electron chi connectivity index (χ4n) is 2.98. The lowest BCUT2D eigenvalue weighted by Crippen LogP contribution is -2.37. The van der Waals surface area contributed by atoms with Crippen LogP contribution in [0.2, 0.25) is 0 Å². The fraction of sp³-hybridized carbons (Fsp3) is 0.294. The van der Waals surface area contributed by atoms with E-state index >= 15 is 0 Å². The second kappa shape index (κ2) is 5.23. The number of benzene rings is 2. The summed E-state index contributed by atoms with van der Waals surface area (Å²) >= 11 is 3.45. The van der Waals surface area contributed by atoms with E-state index in [1.807, 2.05) is 24.3 Å². The van der Waals surface area contributed by atoms with E-state index in [2.05, 4.69) is 46.4 Å². The summed E-state index contributed by atoms with van der Waals surface area (Å²) in [5, 5.41) is 13.5. The Kier molecular flexibility index (Phi) is 3.57. The van der Waals surface area contributed by atoms with Gasteiger partial charge in [-0.1, -0.05) is 39.7 Å². The smallest absolute Gasteiger partial charge is 0.0862 e. The number of hydrogen-bond acceptors (Lipinski definition) is 2. The van der Waals surface area contributed by atoms with E-state index in [1.54, 1.807) is 0 Å². The van der Waals surface area contributed by atoms with Crippen molar-refractivity contribution >= 4 is 21.6 Å². The molecular weight excluding hydrogens is 314 g/mol. The van der Waals surface area contributed by atoms with Gasteiger partial charge in [0.2, 0.25) is 0 Å². The molecule has 0 fully saturated rings. The predicted molar refractivity (Wildman–Crippen MR) is 86.0 cm³/mol. The summed E-state index contributed by atoms with van der Waals surface area (Å²) in [5.74, 6) is 0. The van der Waals surface area contributed by atoms with Gasteiger partial charge in [0.15, 0.2) is 0 Å². The zero-order valence-corrected chi connectivity index (χ0v) is 13.1. The van der Waals surface area contributed by atoms with Gasteiger partial charge in [-0.05, 0) is 55.2 Å². The van der Waals surface area contributed by atoms with E-state index in [4.69, 9.17) is 0 Å². The molecule has 0 bridgehead atoms. The third-order valence-electron chi connectivity index (χ3n) is 4.10. The van der Waals surface area contributed by atoms with Gasteiger partial charge in [0.25, 0.3) is 0 Å². The summed E-state index contributed by atoms with van der Waals surface area (Å²) in [6.07, 6.45) is 1.94. The Morgan fingerprint density at radius 1 is 1.20 bits per heavy atom. The number of anilines is 1. The lowest BCUT2D eigenvalue weighted by atomic mass is 9.91. The molecule has 0 saturated carbocycles. The highest BCUT2D eigenvalue weighted by atomic mass is 79.9. The Balaban J connectivity index is 1.98. The Morgan fingerprint density at radius 3 is 2.65 bits per heavy atom. The molecule has 20 heavy (non-hydrogen) atoms. The molecule has 2 nitrogen and oxygen atoms in total. The van der Waals surface area contributed by atoms with Crippen LogP contribution in [0.3, 0.4) is 0 Å². The van der Waals surface area contributed by atoms with Gasteiger partial charge in [0.1, 0.15) is 0 Å². The minimum atomic E-state index is -0.352. The van der Waals surface area contributed by atoms with Crippen LogP contribution in [0.4, 0.5) is 5.69 Å². The molecule has 0 spiro atoms. The van der Waals surface area contributed by atoms with E-state index in [0.29, 0.717) is 0 Å². The molecule has 3 rings (SSSR count). The Bertz CT molecular complexity index is 623. The molecule has 0 amide bonds. The predicted octanol–water partition coefficient (Wildman–Crippen LogP) is 4.00. The molecule has 0 radical (unpaired) electrons. The highest BCUT2D eigenvalue weighted by Crippen LogP contribution is 2.39. The van der Waals surface area contributed by atoms with Crippen molar-refractivity contribution in [3.63, 3.8) is 0 Å².